The summed E-state index contributed by atoms with van der Waals surface area (Å²) in [6.45, 7) is 12.6. The second kappa shape index (κ2) is 9.12. The Hall–Kier alpha value is -1.95. The van der Waals surface area contributed by atoms with Crippen molar-refractivity contribution >= 4 is 22.9 Å². The number of amides is 1. The molecule has 1 aliphatic heterocycles. The summed E-state index contributed by atoms with van der Waals surface area (Å²) in [4.78, 5) is 20.5. The van der Waals surface area contributed by atoms with Crippen molar-refractivity contribution in [3.05, 3.63) is 64.9 Å². The van der Waals surface area contributed by atoms with Gasteiger partial charge in [-0.25, -0.2) is 0 Å². The van der Waals surface area contributed by atoms with Gasteiger partial charge in [0.15, 0.2) is 0 Å². The van der Waals surface area contributed by atoms with Gasteiger partial charge in [0, 0.05) is 56.4 Å². The van der Waals surface area contributed by atoms with Crippen molar-refractivity contribution in [3.63, 3.8) is 0 Å². The van der Waals surface area contributed by atoms with E-state index in [9.17, 15) is 4.79 Å². The fourth-order valence-electron chi connectivity index (χ4n) is 3.24. The minimum absolute atomic E-state index is 0.0369. The number of carbonyl (C=O) groups is 1. The van der Waals surface area contributed by atoms with Crippen molar-refractivity contribution in [3.8, 4) is 0 Å². The number of anilines is 1. The van der Waals surface area contributed by atoms with Crippen LogP contribution in [0.3, 0.4) is 0 Å². The maximum Gasteiger partial charge on any atom is 0.250 e. The molecule has 1 saturated heterocycles. The molecule has 26 heavy (non-hydrogen) atoms. The zero-order valence-electron chi connectivity index (χ0n) is 15.4. The van der Waals surface area contributed by atoms with Gasteiger partial charge in [-0.15, -0.1) is 11.3 Å². The van der Waals surface area contributed by atoms with E-state index in [2.05, 4.69) is 40.8 Å². The molecular formula is C21H27N3OS. The second-order valence-electron chi connectivity index (χ2n) is 6.73. The molecule has 138 valence electrons. The average Bonchev–Trinajstić information content (AvgIpc) is 3.17. The third kappa shape index (κ3) is 5.04. The first kappa shape index (κ1) is 18.8. The molecule has 0 unspecified atom stereocenters. The minimum Gasteiger partial charge on any atom is -0.308 e. The van der Waals surface area contributed by atoms with Crippen LogP contribution in [0.25, 0.3) is 0 Å². The molecule has 1 aromatic carbocycles. The lowest BCUT2D eigenvalue weighted by atomic mass is 10.2. The third-order valence-corrected chi connectivity index (χ3v) is 5.71. The number of benzene rings is 1. The first-order chi connectivity index (χ1) is 12.7. The maximum atomic E-state index is 12.3. The smallest absolute Gasteiger partial charge is 0.250 e. The standard InChI is InChI=1S/C21H27N3OS/c1-3-21(25)24(19-8-6-18(2)7-9-19)15-14-22-10-12-23(13-11-22)17-20-5-4-16-26-20/h3-9,16H,1,10-15,17H2,2H3. The minimum atomic E-state index is -0.0369. The SMILES string of the molecule is C=CC(=O)N(CCN1CCN(Cc2cccs2)CC1)c1ccc(C)cc1. The van der Waals surface area contributed by atoms with Gasteiger partial charge in [-0.3, -0.25) is 14.6 Å². The highest BCUT2D eigenvalue weighted by molar-refractivity contribution is 7.09. The summed E-state index contributed by atoms with van der Waals surface area (Å²) in [6.07, 6.45) is 1.40. The van der Waals surface area contributed by atoms with Crippen molar-refractivity contribution in [2.24, 2.45) is 0 Å². The first-order valence-electron chi connectivity index (χ1n) is 9.13. The quantitative estimate of drug-likeness (QED) is 0.700. The number of hydrogen-bond donors (Lipinski definition) is 0. The van der Waals surface area contributed by atoms with E-state index in [0.717, 1.165) is 45.0 Å². The zero-order valence-corrected chi connectivity index (χ0v) is 16.3. The Morgan fingerprint density at radius 3 is 2.46 bits per heavy atom. The number of hydrogen-bond acceptors (Lipinski definition) is 4. The highest BCUT2D eigenvalue weighted by Gasteiger charge is 2.19. The van der Waals surface area contributed by atoms with Crippen LogP contribution in [0.5, 0.6) is 0 Å². The number of carbonyl (C=O) groups excluding carboxylic acids is 1. The van der Waals surface area contributed by atoms with Gasteiger partial charge in [0.1, 0.15) is 0 Å². The predicted molar refractivity (Wildman–Crippen MR) is 110 cm³/mol. The maximum absolute atomic E-state index is 12.3. The number of nitrogens with zero attached hydrogens (tertiary/aromatic N) is 3. The molecule has 0 radical (unpaired) electrons. The van der Waals surface area contributed by atoms with E-state index in [1.54, 1.807) is 0 Å². The van der Waals surface area contributed by atoms with Gasteiger partial charge >= 0.3 is 0 Å². The molecule has 0 aliphatic carbocycles. The number of aryl methyl sites for hydroxylation is 1. The van der Waals surface area contributed by atoms with Crippen LogP contribution in [0.4, 0.5) is 5.69 Å². The molecule has 5 heteroatoms. The van der Waals surface area contributed by atoms with E-state index in [4.69, 9.17) is 0 Å². The first-order valence-corrected chi connectivity index (χ1v) is 10.0. The molecule has 2 aromatic rings. The van der Waals surface area contributed by atoms with Crippen LogP contribution in [0.1, 0.15) is 10.4 Å². The molecule has 1 fully saturated rings. The van der Waals surface area contributed by atoms with Crippen molar-refractivity contribution in [2.45, 2.75) is 13.5 Å². The van der Waals surface area contributed by atoms with Gasteiger partial charge in [-0.05, 0) is 36.6 Å². The van der Waals surface area contributed by atoms with E-state index < -0.39 is 0 Å². The molecule has 4 nitrogen and oxygen atoms in total. The molecule has 0 bridgehead atoms. The Bertz CT molecular complexity index is 703. The lowest BCUT2D eigenvalue weighted by Gasteiger charge is -2.35. The lowest BCUT2D eigenvalue weighted by molar-refractivity contribution is -0.114. The van der Waals surface area contributed by atoms with E-state index in [1.165, 1.54) is 16.5 Å². The molecule has 0 spiro atoms. The van der Waals surface area contributed by atoms with Crippen LogP contribution < -0.4 is 4.90 Å². The van der Waals surface area contributed by atoms with Crippen molar-refractivity contribution in [1.82, 2.24) is 9.80 Å². The third-order valence-electron chi connectivity index (χ3n) is 4.85. The molecule has 2 heterocycles. The predicted octanol–water partition coefficient (Wildman–Crippen LogP) is 3.39. The fourth-order valence-corrected chi connectivity index (χ4v) is 3.98. The summed E-state index contributed by atoms with van der Waals surface area (Å²) in [5, 5.41) is 2.14. The molecule has 3 rings (SSSR count). The molecule has 1 amide bonds. The van der Waals surface area contributed by atoms with Gasteiger partial charge in [0.2, 0.25) is 5.91 Å². The van der Waals surface area contributed by atoms with Gasteiger partial charge in [0.05, 0.1) is 0 Å². The molecule has 1 aromatic heterocycles. The Balaban J connectivity index is 1.51. The molecular weight excluding hydrogens is 342 g/mol. The van der Waals surface area contributed by atoms with E-state index in [1.807, 2.05) is 40.5 Å². The van der Waals surface area contributed by atoms with Crippen LogP contribution in [0.2, 0.25) is 0 Å². The highest BCUT2D eigenvalue weighted by Crippen LogP contribution is 2.17. The average molecular weight is 370 g/mol. The van der Waals surface area contributed by atoms with Crippen LogP contribution in [-0.2, 0) is 11.3 Å². The van der Waals surface area contributed by atoms with E-state index in [-0.39, 0.29) is 5.91 Å². The molecule has 0 N–H and O–H groups in total. The Kier molecular flexibility index (Phi) is 6.61. The van der Waals surface area contributed by atoms with Gasteiger partial charge < -0.3 is 4.90 Å². The van der Waals surface area contributed by atoms with Gasteiger partial charge in [-0.2, -0.15) is 0 Å². The summed E-state index contributed by atoms with van der Waals surface area (Å²) in [7, 11) is 0. The van der Waals surface area contributed by atoms with Crippen molar-refractivity contribution < 1.29 is 4.79 Å². The van der Waals surface area contributed by atoms with E-state index in [0.29, 0.717) is 6.54 Å². The zero-order chi connectivity index (χ0) is 18.4. The van der Waals surface area contributed by atoms with Gasteiger partial charge in [0.25, 0.3) is 0 Å². The van der Waals surface area contributed by atoms with Crippen LogP contribution in [-0.4, -0.2) is 55.0 Å². The normalized spacial score (nSPS) is 15.7. The fraction of sp³-hybridized carbons (Fsp3) is 0.381. The Morgan fingerprint density at radius 1 is 1.15 bits per heavy atom. The highest BCUT2D eigenvalue weighted by atomic mass is 32.1. The summed E-state index contributed by atoms with van der Waals surface area (Å²) in [6, 6.07) is 12.4. The molecule has 1 aliphatic rings. The van der Waals surface area contributed by atoms with Crippen LogP contribution in [0, 0.1) is 6.92 Å². The topological polar surface area (TPSA) is 26.8 Å². The second-order valence-corrected chi connectivity index (χ2v) is 7.76. The number of thiophene rings is 1. The largest absolute Gasteiger partial charge is 0.308 e. The Morgan fingerprint density at radius 2 is 1.85 bits per heavy atom. The Labute approximate surface area is 160 Å². The lowest BCUT2D eigenvalue weighted by Crippen LogP contribution is -2.48. The monoisotopic (exact) mass is 369 g/mol. The van der Waals surface area contributed by atoms with Crippen LogP contribution in [0.15, 0.2) is 54.4 Å². The molecule has 0 atom stereocenters. The van der Waals surface area contributed by atoms with E-state index >= 15 is 0 Å². The summed E-state index contributed by atoms with van der Waals surface area (Å²) >= 11 is 1.83. The summed E-state index contributed by atoms with van der Waals surface area (Å²) in [5.41, 5.74) is 2.14. The van der Waals surface area contributed by atoms with Crippen molar-refractivity contribution in [1.29, 1.82) is 0 Å². The summed E-state index contributed by atoms with van der Waals surface area (Å²) < 4.78 is 0. The number of rotatable bonds is 7. The van der Waals surface area contributed by atoms with Crippen LogP contribution >= 0.6 is 11.3 Å². The summed E-state index contributed by atoms with van der Waals surface area (Å²) in [5.74, 6) is -0.0369. The van der Waals surface area contributed by atoms with Crippen molar-refractivity contribution in [2.75, 3.05) is 44.2 Å². The molecule has 0 saturated carbocycles. The number of piperazine rings is 1. The van der Waals surface area contributed by atoms with Gasteiger partial charge in [-0.1, -0.05) is 30.3 Å².